The zero-order valence-electron chi connectivity index (χ0n) is 23.1. The van der Waals surface area contributed by atoms with Gasteiger partial charge in [-0.15, -0.1) is 0 Å². The highest BCUT2D eigenvalue weighted by atomic mass is 16.6. The molecule has 0 aliphatic heterocycles. The van der Waals surface area contributed by atoms with Gasteiger partial charge in [0.2, 0.25) is 0 Å². The van der Waals surface area contributed by atoms with Crippen molar-refractivity contribution in [3.05, 3.63) is 95.2 Å². The van der Waals surface area contributed by atoms with Crippen molar-refractivity contribution >= 4 is 23.8 Å². The van der Waals surface area contributed by atoms with Crippen LogP contribution in [0.4, 0.5) is 5.69 Å². The van der Waals surface area contributed by atoms with Crippen molar-refractivity contribution in [1.29, 1.82) is 0 Å². The molecule has 1 amide bonds. The first kappa shape index (κ1) is 28.0. The highest BCUT2D eigenvalue weighted by molar-refractivity contribution is 5.93. The highest BCUT2D eigenvalue weighted by Gasteiger charge is 2.12. The molecule has 2 aromatic carbocycles. The Morgan fingerprint density at radius 1 is 0.975 bits per heavy atom. The minimum Gasteiger partial charge on any atom is -0.486 e. The molecule has 4 rings (SSSR count). The smallest absolute Gasteiger partial charge is 0.343 e. The Balaban J connectivity index is 1.34. The number of aryl methyl sites for hydroxylation is 2. The first-order valence-electron chi connectivity index (χ1n) is 12.6. The normalized spacial score (nSPS) is 10.9. The van der Waals surface area contributed by atoms with Crippen LogP contribution < -0.4 is 19.8 Å². The molecule has 0 aliphatic rings. The van der Waals surface area contributed by atoms with Crippen LogP contribution in [0, 0.1) is 13.8 Å². The van der Waals surface area contributed by atoms with Gasteiger partial charge in [-0.1, -0.05) is 0 Å². The van der Waals surface area contributed by atoms with Gasteiger partial charge in [0.25, 0.3) is 0 Å². The van der Waals surface area contributed by atoms with E-state index in [1.54, 1.807) is 24.3 Å². The number of carbonyl (C=O) groups excluding carboxylic acids is 2. The number of benzene rings is 2. The summed E-state index contributed by atoms with van der Waals surface area (Å²) in [6, 6.07) is 20.6. The van der Waals surface area contributed by atoms with E-state index in [-0.39, 0.29) is 19.0 Å². The maximum Gasteiger partial charge on any atom is 0.343 e. The summed E-state index contributed by atoms with van der Waals surface area (Å²) in [6.07, 6.45) is 1.43. The molecule has 0 spiro atoms. The van der Waals surface area contributed by atoms with Crippen molar-refractivity contribution in [1.82, 2.24) is 9.99 Å². The molecule has 0 fully saturated rings. The Morgan fingerprint density at radius 2 is 1.70 bits per heavy atom. The molecule has 208 valence electrons. The molecule has 4 aromatic rings. The summed E-state index contributed by atoms with van der Waals surface area (Å²) in [5.41, 5.74) is 7.25. The lowest BCUT2D eigenvalue weighted by molar-refractivity contribution is -0.142. The molecule has 40 heavy (non-hydrogen) atoms. The summed E-state index contributed by atoms with van der Waals surface area (Å²) in [5.74, 6) is 0.652. The van der Waals surface area contributed by atoms with Crippen LogP contribution in [0.15, 0.2) is 76.2 Å². The Labute approximate surface area is 232 Å². The summed E-state index contributed by atoms with van der Waals surface area (Å²) in [4.78, 5) is 26.0. The van der Waals surface area contributed by atoms with Crippen LogP contribution in [0.3, 0.4) is 0 Å². The number of furan rings is 1. The Kier molecular flexibility index (Phi) is 8.90. The van der Waals surface area contributed by atoms with Gasteiger partial charge in [0.05, 0.1) is 13.3 Å². The molecule has 0 unspecified atom stereocenters. The third-order valence-electron chi connectivity index (χ3n) is 6.09. The van der Waals surface area contributed by atoms with Crippen molar-refractivity contribution < 1.29 is 28.2 Å². The molecule has 0 bridgehead atoms. The molecule has 0 saturated heterocycles. The van der Waals surface area contributed by atoms with E-state index in [1.807, 2.05) is 49.3 Å². The monoisotopic (exact) mass is 544 g/mol. The topological polar surface area (TPSA) is 108 Å². The summed E-state index contributed by atoms with van der Waals surface area (Å²) in [7, 11) is 5.06. The van der Waals surface area contributed by atoms with E-state index in [2.05, 4.69) is 45.8 Å². The number of hydrogen-bond acceptors (Lipinski definition) is 8. The van der Waals surface area contributed by atoms with Gasteiger partial charge in [-0.2, -0.15) is 5.10 Å². The third-order valence-corrected chi connectivity index (χ3v) is 6.09. The molecule has 1 N–H and O–H groups in total. The molecule has 10 heteroatoms. The summed E-state index contributed by atoms with van der Waals surface area (Å²) >= 11 is 0. The molecule has 0 saturated carbocycles. The predicted molar refractivity (Wildman–Crippen MR) is 152 cm³/mol. The Morgan fingerprint density at radius 3 is 2.38 bits per heavy atom. The van der Waals surface area contributed by atoms with E-state index in [9.17, 15) is 9.59 Å². The van der Waals surface area contributed by atoms with Crippen LogP contribution in [0.25, 0.3) is 5.69 Å². The Bertz CT molecular complexity index is 1480. The second-order valence-corrected chi connectivity index (χ2v) is 9.18. The van der Waals surface area contributed by atoms with E-state index in [0.717, 1.165) is 22.8 Å². The van der Waals surface area contributed by atoms with Crippen molar-refractivity contribution in [3.8, 4) is 17.2 Å². The number of anilines is 1. The van der Waals surface area contributed by atoms with E-state index in [0.29, 0.717) is 22.8 Å². The van der Waals surface area contributed by atoms with Crippen molar-refractivity contribution in [3.63, 3.8) is 0 Å². The van der Waals surface area contributed by atoms with Gasteiger partial charge in [0.1, 0.15) is 23.9 Å². The molecule has 2 heterocycles. The maximum absolute atomic E-state index is 12.5. The minimum absolute atomic E-state index is 0.0924. The largest absolute Gasteiger partial charge is 0.486 e. The fourth-order valence-electron chi connectivity index (χ4n) is 3.94. The second-order valence-electron chi connectivity index (χ2n) is 9.18. The highest BCUT2D eigenvalue weighted by Crippen LogP contribution is 2.24. The lowest BCUT2D eigenvalue weighted by Gasteiger charge is -2.15. The number of carbonyl (C=O) groups is 2. The van der Waals surface area contributed by atoms with Crippen LogP contribution in [0.5, 0.6) is 11.5 Å². The van der Waals surface area contributed by atoms with E-state index >= 15 is 0 Å². The standard InChI is InChI=1S/C30H32N4O6/c1-20-6-7-21(2)34(20)23-10-12-25(13-11-23)38-18-26-14-15-27(40-26)30(36)32-31-17-22-8-9-24(33(3)4)16-28(22)39-19-29(35)37-5/h6-17H,18-19H2,1-5H3,(H,32,36)/b31-17+. The van der Waals surface area contributed by atoms with Crippen LogP contribution in [0.1, 0.15) is 33.3 Å². The van der Waals surface area contributed by atoms with Gasteiger partial charge in [0.15, 0.2) is 12.4 Å². The van der Waals surface area contributed by atoms with E-state index in [1.165, 1.54) is 13.3 Å². The first-order chi connectivity index (χ1) is 19.2. The zero-order valence-corrected chi connectivity index (χ0v) is 23.1. The SMILES string of the molecule is COC(=O)COc1cc(N(C)C)ccc1/C=N/NC(=O)c1ccc(COc2ccc(-n3c(C)ccc3C)cc2)o1. The molecule has 0 aliphatic carbocycles. The average molecular weight is 545 g/mol. The Hall–Kier alpha value is -4.99. The molecular formula is C30H32N4O6. The molecule has 10 nitrogen and oxygen atoms in total. The number of amides is 1. The van der Waals surface area contributed by atoms with Crippen LogP contribution in [-0.4, -0.2) is 50.5 Å². The van der Waals surface area contributed by atoms with E-state index in [4.69, 9.17) is 13.9 Å². The number of nitrogens with one attached hydrogen (secondary N) is 1. The average Bonchev–Trinajstić information content (AvgIpc) is 3.57. The van der Waals surface area contributed by atoms with Crippen molar-refractivity contribution in [2.75, 3.05) is 32.7 Å². The van der Waals surface area contributed by atoms with Gasteiger partial charge in [0, 0.05) is 48.5 Å². The van der Waals surface area contributed by atoms with Crippen LogP contribution in [-0.2, 0) is 16.1 Å². The number of ether oxygens (including phenoxy) is 3. The van der Waals surface area contributed by atoms with Crippen LogP contribution in [0.2, 0.25) is 0 Å². The van der Waals surface area contributed by atoms with Gasteiger partial charge in [-0.3, -0.25) is 4.79 Å². The lowest BCUT2D eigenvalue weighted by atomic mass is 10.2. The summed E-state index contributed by atoms with van der Waals surface area (Å²) < 4.78 is 23.8. The summed E-state index contributed by atoms with van der Waals surface area (Å²) in [6.45, 7) is 4.04. The minimum atomic E-state index is -0.522. The number of hydrogen-bond donors (Lipinski definition) is 1. The third kappa shape index (κ3) is 6.90. The van der Waals surface area contributed by atoms with Crippen molar-refractivity contribution in [2.24, 2.45) is 5.10 Å². The van der Waals surface area contributed by atoms with Gasteiger partial charge in [-0.05, 0) is 74.5 Å². The van der Waals surface area contributed by atoms with Crippen LogP contribution >= 0.6 is 0 Å². The predicted octanol–water partition coefficient (Wildman–Crippen LogP) is 4.65. The van der Waals surface area contributed by atoms with Gasteiger partial charge < -0.3 is 28.1 Å². The number of nitrogens with zero attached hydrogens (tertiary/aromatic N) is 3. The zero-order chi connectivity index (χ0) is 28.6. The second kappa shape index (κ2) is 12.7. The van der Waals surface area contributed by atoms with E-state index < -0.39 is 11.9 Å². The number of rotatable bonds is 11. The number of esters is 1. The number of methoxy groups -OCH3 is 1. The molecule has 2 aromatic heterocycles. The quantitative estimate of drug-likeness (QED) is 0.166. The molecule has 0 atom stereocenters. The number of hydrazone groups is 1. The first-order valence-corrected chi connectivity index (χ1v) is 12.6. The fourth-order valence-corrected chi connectivity index (χ4v) is 3.94. The van der Waals surface area contributed by atoms with Gasteiger partial charge >= 0.3 is 11.9 Å². The molecular weight excluding hydrogens is 512 g/mol. The summed E-state index contributed by atoms with van der Waals surface area (Å²) in [5, 5.41) is 4.02. The maximum atomic E-state index is 12.5. The van der Waals surface area contributed by atoms with Gasteiger partial charge in [-0.25, -0.2) is 10.2 Å². The number of aromatic nitrogens is 1. The molecule has 0 radical (unpaired) electrons. The lowest BCUT2D eigenvalue weighted by Crippen LogP contribution is -2.17. The fraction of sp³-hybridized carbons (Fsp3) is 0.233. The van der Waals surface area contributed by atoms with Crippen molar-refractivity contribution in [2.45, 2.75) is 20.5 Å².